The van der Waals surface area contributed by atoms with Crippen molar-refractivity contribution in [1.29, 1.82) is 0 Å². The maximum absolute atomic E-state index is 12.6. The van der Waals surface area contributed by atoms with Crippen molar-refractivity contribution >= 4 is 57.7 Å². The monoisotopic (exact) mass is 864 g/mol. The van der Waals surface area contributed by atoms with Gasteiger partial charge < -0.3 is 60.9 Å². The summed E-state index contributed by atoms with van der Waals surface area (Å²) in [6.45, 7) is -4.30. The van der Waals surface area contributed by atoms with Crippen LogP contribution in [-0.4, -0.2) is 139 Å². The summed E-state index contributed by atoms with van der Waals surface area (Å²) in [7, 11) is -15.8. The van der Waals surface area contributed by atoms with Crippen molar-refractivity contribution in [3.8, 4) is 0 Å². The number of nitrogens with zero attached hydrogens (tertiary/aromatic N) is 4. The van der Waals surface area contributed by atoms with Gasteiger partial charge in [0.1, 0.15) is 42.7 Å². The number of aliphatic hydroxyl groups is 4. The molecule has 0 spiro atoms. The third-order valence-electron chi connectivity index (χ3n) is 8.18. The summed E-state index contributed by atoms with van der Waals surface area (Å²) in [5.41, 5.74) is 9.59. The van der Waals surface area contributed by atoms with Gasteiger partial charge in [-0.1, -0.05) is 9.97 Å². The number of aliphatic hydroxyl groups excluding tert-OH is 4. The third-order valence-corrected chi connectivity index (χ3v) is 10.7. The number of hydrogen-bond donors (Lipinski definition) is 14. The molecule has 30 nitrogen and oxygen atoms in total. The Bertz CT molecular complexity index is 2180. The summed E-state index contributed by atoms with van der Waals surface area (Å²) in [5.74, 6) is -0.549. The Hall–Kier alpha value is -3.61. The lowest BCUT2D eigenvalue weighted by molar-refractivity contribution is -0.745. The molecule has 6 rings (SSSR count). The fourth-order valence-electron chi connectivity index (χ4n) is 5.63. The molecule has 10 atom stereocenters. The number of imidazole rings is 2. The molecule has 2 fully saturated rings. The maximum atomic E-state index is 12.6. The summed E-state index contributed by atoms with van der Waals surface area (Å²) in [6.07, 6.45) is -12.4. The minimum Gasteiger partial charge on any atom is -0.387 e. The van der Waals surface area contributed by atoms with Crippen molar-refractivity contribution < 1.29 is 94.9 Å². The Labute approximate surface area is 309 Å². The quantitative estimate of drug-likeness (QED) is 0.0368. The molecule has 310 valence electrons. The smallest absolute Gasteiger partial charge is 0.387 e. The van der Waals surface area contributed by atoms with Crippen LogP contribution in [0.1, 0.15) is 12.5 Å². The summed E-state index contributed by atoms with van der Waals surface area (Å²) in [4.78, 5) is 80.9. The zero-order valence-corrected chi connectivity index (χ0v) is 30.6. The molecule has 4 aromatic rings. The van der Waals surface area contributed by atoms with E-state index in [0.717, 1.165) is 9.13 Å². The summed E-state index contributed by atoms with van der Waals surface area (Å²) >= 11 is 0. The lowest BCUT2D eigenvalue weighted by Crippen LogP contribution is -2.46. The SMILES string of the molecule is Nc1nc2c([nH]c[n+]2C2O[C@H](COP(=O)(O)OCC(COP(=O)(O)OC[C@H]3OC([n+]4c[nH]c5c(=O)[nH]c(N)nc54)[C@H](O)[C@@H]3O)OP(=O)(O)O)[C@@H](O)[C@H]2O)c(=O)[nH]1. The molecule has 0 aromatic carbocycles. The van der Waals surface area contributed by atoms with Gasteiger partial charge in [0, 0.05) is 0 Å². The molecular formula is C23H35N10O20P3+2. The molecule has 0 radical (unpaired) electrons. The largest absolute Gasteiger partial charge is 0.472 e. The first kappa shape index (κ1) is 42.0. The van der Waals surface area contributed by atoms with Crippen LogP contribution in [0.2, 0.25) is 0 Å². The van der Waals surface area contributed by atoms with Crippen molar-refractivity contribution in [3.63, 3.8) is 0 Å². The number of H-pyrrole nitrogens is 4. The number of phosphoric acid groups is 3. The van der Waals surface area contributed by atoms with E-state index in [0.29, 0.717) is 0 Å². The molecule has 56 heavy (non-hydrogen) atoms. The number of phosphoric ester groups is 3. The summed E-state index contributed by atoms with van der Waals surface area (Å²) in [6, 6.07) is 0. The van der Waals surface area contributed by atoms with Crippen LogP contribution in [0.5, 0.6) is 0 Å². The minimum atomic E-state index is -5.42. The van der Waals surface area contributed by atoms with Gasteiger partial charge in [0.25, 0.3) is 23.0 Å². The number of fused-ring (bicyclic) bond motifs is 2. The lowest BCUT2D eigenvalue weighted by atomic mass is 10.1. The topological polar surface area (TPSA) is 461 Å². The Kier molecular flexibility index (Phi) is 12.0. The highest BCUT2D eigenvalue weighted by Gasteiger charge is 2.49. The summed E-state index contributed by atoms with van der Waals surface area (Å²) in [5, 5.41) is 42.2. The van der Waals surface area contributed by atoms with Crippen LogP contribution >= 0.6 is 23.5 Å². The average Bonchev–Trinajstić information content (AvgIpc) is 3.85. The van der Waals surface area contributed by atoms with E-state index in [1.165, 1.54) is 12.7 Å². The summed E-state index contributed by atoms with van der Waals surface area (Å²) < 4.78 is 73.7. The fraction of sp³-hybridized carbons (Fsp3) is 0.565. The number of aromatic amines is 4. The number of rotatable bonds is 16. The van der Waals surface area contributed by atoms with Gasteiger partial charge in [-0.2, -0.15) is 0 Å². The van der Waals surface area contributed by atoms with E-state index >= 15 is 0 Å². The van der Waals surface area contributed by atoms with Crippen molar-refractivity contribution in [1.82, 2.24) is 29.9 Å². The Morgan fingerprint density at radius 1 is 0.696 bits per heavy atom. The molecule has 0 aliphatic carbocycles. The number of ether oxygens (including phenoxy) is 2. The zero-order chi connectivity index (χ0) is 40.9. The number of hydrogen-bond acceptors (Lipinski definition) is 20. The fourth-order valence-corrected chi connectivity index (χ4v) is 7.67. The second-order valence-electron chi connectivity index (χ2n) is 12.1. The maximum Gasteiger partial charge on any atom is 0.472 e. The van der Waals surface area contributed by atoms with Gasteiger partial charge in [0.05, 0.1) is 26.4 Å². The lowest BCUT2D eigenvalue weighted by Gasteiger charge is -2.22. The van der Waals surface area contributed by atoms with Crippen LogP contribution in [0.4, 0.5) is 11.9 Å². The van der Waals surface area contributed by atoms with E-state index in [1.54, 1.807) is 0 Å². The van der Waals surface area contributed by atoms with Gasteiger partial charge >= 0.3 is 34.8 Å². The number of nitrogens with two attached hydrogens (primary N) is 2. The van der Waals surface area contributed by atoms with Gasteiger partial charge in [-0.15, -0.1) is 0 Å². The molecule has 4 aromatic heterocycles. The molecule has 6 heterocycles. The zero-order valence-electron chi connectivity index (χ0n) is 27.9. The Morgan fingerprint density at radius 2 is 1.09 bits per heavy atom. The first-order valence-corrected chi connectivity index (χ1v) is 20.2. The van der Waals surface area contributed by atoms with Gasteiger partial charge in [0.2, 0.25) is 23.5 Å². The van der Waals surface area contributed by atoms with Crippen LogP contribution in [0, 0.1) is 0 Å². The molecule has 0 bridgehead atoms. The minimum absolute atomic E-state index is 0.0566. The first-order valence-electron chi connectivity index (χ1n) is 15.7. The van der Waals surface area contributed by atoms with E-state index < -0.39 is 116 Å². The van der Waals surface area contributed by atoms with Crippen molar-refractivity contribution in [2.24, 2.45) is 0 Å². The Balaban J connectivity index is 1.02. The molecule has 33 heteroatoms. The second-order valence-corrected chi connectivity index (χ2v) is 16.2. The molecule has 0 saturated carbocycles. The molecule has 4 unspecified atom stereocenters. The van der Waals surface area contributed by atoms with E-state index in [1.807, 2.05) is 0 Å². The normalized spacial score (nSPS) is 28.5. The predicted molar refractivity (Wildman–Crippen MR) is 175 cm³/mol. The number of aromatic nitrogens is 8. The molecule has 2 saturated heterocycles. The van der Waals surface area contributed by atoms with E-state index in [2.05, 4.69) is 34.4 Å². The van der Waals surface area contributed by atoms with Gasteiger partial charge in [-0.3, -0.25) is 52.1 Å². The van der Waals surface area contributed by atoms with E-state index in [-0.39, 0.29) is 34.2 Å². The average molecular weight is 865 g/mol. The van der Waals surface area contributed by atoms with Gasteiger partial charge in [-0.05, 0) is 0 Å². The van der Waals surface area contributed by atoms with Crippen LogP contribution in [0.3, 0.4) is 0 Å². The Morgan fingerprint density at radius 3 is 1.46 bits per heavy atom. The second kappa shape index (κ2) is 16.0. The third kappa shape index (κ3) is 9.23. The standard InChI is InChI=1S/C23H33N10O20P3/c24-22-28-16-10(18(38)30-22)26-5-32(16)20-14(36)12(34)8(51-20)3-49-55(43,44)47-1-7(53-54(40,41)42)2-48-56(45,46)50-4-9-13(35)15(37)21(52-9)33-6-27-11-17(33)29-23(25)31-19(11)39/h5-9,12-15,20-21,34-37H,1-4H2,(H10,24,25,28,29,30,31,38,39,40,41,42,43,44,45,46)/p+2/t7?,8-,9-,12-,13-,14-,15-,20?,21?/m1/s1. The van der Waals surface area contributed by atoms with Crippen LogP contribution in [0.25, 0.3) is 22.3 Å². The van der Waals surface area contributed by atoms with Crippen molar-refractivity contribution in [3.05, 3.63) is 33.4 Å². The predicted octanol–water partition coefficient (Wildman–Crippen LogP) is -5.76. The van der Waals surface area contributed by atoms with Gasteiger partial charge in [0.15, 0.2) is 12.7 Å². The highest BCUT2D eigenvalue weighted by molar-refractivity contribution is 7.47. The number of nitrogen functional groups attached to an aromatic ring is 2. The molecule has 16 N–H and O–H groups in total. The first-order chi connectivity index (χ1) is 26.1. The molecule has 2 aliphatic rings. The molecule has 0 amide bonds. The van der Waals surface area contributed by atoms with Crippen molar-refractivity contribution in [2.45, 2.75) is 55.2 Å². The number of anilines is 2. The van der Waals surface area contributed by atoms with Crippen molar-refractivity contribution in [2.75, 3.05) is 37.9 Å². The highest BCUT2D eigenvalue weighted by Crippen LogP contribution is 2.48. The van der Waals surface area contributed by atoms with Crippen LogP contribution in [0.15, 0.2) is 22.2 Å². The number of nitrogens with one attached hydrogen (secondary N) is 4. The van der Waals surface area contributed by atoms with Crippen LogP contribution < -0.4 is 31.7 Å². The van der Waals surface area contributed by atoms with Gasteiger partial charge in [-0.25, -0.2) is 22.8 Å². The van der Waals surface area contributed by atoms with E-state index in [9.17, 15) is 63.3 Å². The van der Waals surface area contributed by atoms with E-state index in [4.69, 9.17) is 39.0 Å². The van der Waals surface area contributed by atoms with Crippen LogP contribution in [-0.2, 0) is 45.8 Å². The molecule has 2 aliphatic heterocycles. The molecular weight excluding hydrogens is 829 g/mol. The highest BCUT2D eigenvalue weighted by atomic mass is 31.2.